The average Bonchev–Trinajstić information content (AvgIpc) is 3.85. The van der Waals surface area contributed by atoms with Gasteiger partial charge >= 0.3 is 0 Å². The van der Waals surface area contributed by atoms with E-state index >= 15 is 0 Å². The van der Waals surface area contributed by atoms with Crippen molar-refractivity contribution in [2.75, 3.05) is 40.7 Å². The Bertz CT molecular complexity index is 2620. The van der Waals surface area contributed by atoms with Crippen LogP contribution in [0.15, 0.2) is 72.2 Å². The monoisotopic (exact) mass is 887 g/mol. The van der Waals surface area contributed by atoms with Gasteiger partial charge in [-0.25, -0.2) is 15.0 Å². The number of aromatic nitrogens is 3. The maximum absolute atomic E-state index is 14.6. The zero-order valence-electron chi connectivity index (χ0n) is 35.8. The smallest absolute Gasteiger partial charge is 0.255 e. The molecule has 0 radical (unpaired) electrons. The number of rotatable bonds is 13. The number of piperidine rings is 1. The summed E-state index contributed by atoms with van der Waals surface area (Å²) in [5.74, 6) is 2.66. The van der Waals surface area contributed by atoms with Gasteiger partial charge in [-0.2, -0.15) is 5.10 Å². The summed E-state index contributed by atoms with van der Waals surface area (Å²) in [5.41, 5.74) is 4.89. The zero-order valence-corrected chi connectivity index (χ0v) is 36.6. The second-order valence-corrected chi connectivity index (χ2v) is 17.7. The van der Waals surface area contributed by atoms with Gasteiger partial charge in [0.05, 0.1) is 49.2 Å². The summed E-state index contributed by atoms with van der Waals surface area (Å²) >= 11 is 6.24. The summed E-state index contributed by atoms with van der Waals surface area (Å²) in [7, 11) is 3.22. The summed E-state index contributed by atoms with van der Waals surface area (Å²) < 4.78 is 29.0. The molecule has 2 N–H and O–H groups in total. The Morgan fingerprint density at radius 2 is 1.67 bits per heavy atom. The van der Waals surface area contributed by atoms with Gasteiger partial charge in [-0.1, -0.05) is 36.6 Å². The number of ether oxygens (including phenoxy) is 5. The highest BCUT2D eigenvalue weighted by molar-refractivity contribution is 6.30. The minimum Gasteiger partial charge on any atom is -0.493 e. The molecule has 2 aromatic heterocycles. The fourth-order valence-electron chi connectivity index (χ4n) is 9.63. The number of aromatic amines is 1. The van der Waals surface area contributed by atoms with Crippen molar-refractivity contribution in [3.63, 3.8) is 0 Å². The van der Waals surface area contributed by atoms with E-state index in [0.29, 0.717) is 94.5 Å². The normalized spacial score (nSPS) is 20.1. The molecule has 5 heterocycles. The second kappa shape index (κ2) is 17.7. The molecule has 332 valence electrons. The fraction of sp³-hybridized carbons (Fsp3) is 0.417. The first-order valence-electron chi connectivity index (χ1n) is 22.1. The number of carbonyl (C=O) groups is 3. The quantitative estimate of drug-likeness (QED) is 0.123. The van der Waals surface area contributed by atoms with Crippen molar-refractivity contribution >= 4 is 46.1 Å². The van der Waals surface area contributed by atoms with Crippen LogP contribution in [0.5, 0.6) is 28.7 Å². The molecule has 2 aliphatic carbocycles. The van der Waals surface area contributed by atoms with Gasteiger partial charge in [-0.05, 0) is 92.5 Å². The minimum atomic E-state index is -0.920. The summed E-state index contributed by atoms with van der Waals surface area (Å²) in [4.78, 5) is 57.3. The first kappa shape index (κ1) is 41.6. The number of fused-ring (bicyclic) bond motifs is 3. The van der Waals surface area contributed by atoms with Crippen molar-refractivity contribution in [2.45, 2.75) is 69.9 Å². The molecule has 2 saturated carbocycles. The molecular weight excluding hydrogens is 838 g/mol. The number of hydrogen-bond acceptors (Lipinski definition) is 11. The Kier molecular flexibility index (Phi) is 11.5. The van der Waals surface area contributed by atoms with Gasteiger partial charge in [0.15, 0.2) is 23.0 Å². The molecule has 0 spiro atoms. The Morgan fingerprint density at radius 1 is 0.906 bits per heavy atom. The Morgan fingerprint density at radius 3 is 2.44 bits per heavy atom. The molecule has 3 aliphatic heterocycles. The first-order chi connectivity index (χ1) is 31.3. The van der Waals surface area contributed by atoms with Crippen molar-refractivity contribution in [3.05, 3.63) is 88.8 Å². The predicted molar refractivity (Wildman–Crippen MR) is 238 cm³/mol. The number of methoxy groups -OCH3 is 2. The summed E-state index contributed by atoms with van der Waals surface area (Å²) in [5, 5.41) is 10.4. The van der Waals surface area contributed by atoms with Crippen LogP contribution in [0, 0.1) is 17.8 Å². The molecule has 5 aromatic rings. The zero-order chi connectivity index (χ0) is 43.9. The molecule has 3 amide bonds. The third-order valence-corrected chi connectivity index (χ3v) is 13.5. The Balaban J connectivity index is 0.894. The van der Waals surface area contributed by atoms with E-state index in [1.807, 2.05) is 42.5 Å². The lowest BCUT2D eigenvalue weighted by atomic mass is 9.73. The molecule has 3 atom stereocenters. The van der Waals surface area contributed by atoms with Crippen LogP contribution in [-0.4, -0.2) is 101 Å². The molecule has 0 bridgehead atoms. The van der Waals surface area contributed by atoms with Crippen molar-refractivity contribution in [3.8, 4) is 40.0 Å². The van der Waals surface area contributed by atoms with E-state index in [0.717, 1.165) is 55.4 Å². The number of halogens is 1. The first-order valence-corrected chi connectivity index (χ1v) is 22.5. The van der Waals surface area contributed by atoms with Crippen LogP contribution < -0.4 is 29.0 Å². The third kappa shape index (κ3) is 8.05. The van der Waals surface area contributed by atoms with Gasteiger partial charge in [0.1, 0.15) is 29.3 Å². The Hall–Kier alpha value is -6.35. The molecule has 1 saturated heterocycles. The largest absolute Gasteiger partial charge is 0.493 e. The summed E-state index contributed by atoms with van der Waals surface area (Å²) in [6, 6.07) is 15.6. The number of H-pyrrole nitrogens is 1. The van der Waals surface area contributed by atoms with Crippen LogP contribution in [0.2, 0.25) is 5.02 Å². The van der Waals surface area contributed by atoms with Crippen LogP contribution in [0.1, 0.15) is 72.9 Å². The number of nitrogens with one attached hydrogen (secondary N) is 2. The van der Waals surface area contributed by atoms with Crippen molar-refractivity contribution < 1.29 is 38.1 Å². The van der Waals surface area contributed by atoms with Crippen LogP contribution in [0.4, 0.5) is 0 Å². The third-order valence-electron chi connectivity index (χ3n) is 13.3. The van der Waals surface area contributed by atoms with E-state index in [2.05, 4.69) is 20.3 Å². The molecule has 0 unspecified atom stereocenters. The lowest BCUT2D eigenvalue weighted by Crippen LogP contribution is -2.55. The van der Waals surface area contributed by atoms with Gasteiger partial charge in [0.25, 0.3) is 5.91 Å². The molecular formula is C48H50ClN7O8. The van der Waals surface area contributed by atoms with Crippen LogP contribution in [-0.2, 0) is 16.0 Å². The van der Waals surface area contributed by atoms with Gasteiger partial charge in [0, 0.05) is 48.1 Å². The minimum absolute atomic E-state index is 0.0239. The van der Waals surface area contributed by atoms with E-state index < -0.39 is 11.9 Å². The standard InChI is InChI=1S/C48H50ClN7O8/c1-60-36-14-11-29(22-39(36)61-2)41-32-5-3-4-6-33(32)47(58)56(54-41)31-17-19-55(20-18-31)48(59)35(21-27-9-12-30(49)13-10-27)53-46(57)34-23-50-44-42(34)51-25-52-43(44)40-37(62-24-28-7-8-28)15-16-38-45(40)64-26-63-38/h9-16,22-23,25,28,31-33,35,50H,3-8,17-21,24,26H2,1-2H3,(H,53,57)/t32-,33+,35+/m0/s1. The number of hydrogen-bond donors (Lipinski definition) is 2. The molecule has 64 heavy (non-hydrogen) atoms. The van der Waals surface area contributed by atoms with Gasteiger partial charge in [-0.3, -0.25) is 14.4 Å². The number of amides is 3. The highest BCUT2D eigenvalue weighted by atomic mass is 35.5. The lowest BCUT2D eigenvalue weighted by molar-refractivity contribution is -0.143. The molecule has 3 aromatic carbocycles. The van der Waals surface area contributed by atoms with E-state index in [1.54, 1.807) is 42.5 Å². The number of nitrogens with zero attached hydrogens (tertiary/aromatic N) is 5. The van der Waals surface area contributed by atoms with Gasteiger partial charge in [0.2, 0.25) is 18.6 Å². The number of carbonyl (C=O) groups excluding carboxylic acids is 3. The lowest BCUT2D eigenvalue weighted by Gasteiger charge is -2.43. The maximum atomic E-state index is 14.6. The summed E-state index contributed by atoms with van der Waals surface area (Å²) in [6.45, 7) is 1.41. The molecule has 10 rings (SSSR count). The van der Waals surface area contributed by atoms with Crippen molar-refractivity contribution in [2.24, 2.45) is 22.9 Å². The molecule has 16 heteroatoms. The van der Waals surface area contributed by atoms with E-state index in [-0.39, 0.29) is 48.5 Å². The average molecular weight is 888 g/mol. The highest BCUT2D eigenvalue weighted by Gasteiger charge is 2.44. The van der Waals surface area contributed by atoms with Gasteiger partial charge in [-0.15, -0.1) is 0 Å². The van der Waals surface area contributed by atoms with Gasteiger partial charge < -0.3 is 38.9 Å². The molecule has 15 nitrogen and oxygen atoms in total. The van der Waals surface area contributed by atoms with Crippen LogP contribution >= 0.6 is 11.6 Å². The fourth-order valence-corrected chi connectivity index (χ4v) is 9.75. The molecule has 5 aliphatic rings. The number of hydrazone groups is 1. The number of likely N-dealkylation sites (tertiary alicyclic amines) is 1. The van der Waals surface area contributed by atoms with E-state index in [1.165, 1.54) is 6.33 Å². The predicted octanol–water partition coefficient (Wildman–Crippen LogP) is 7.20. The van der Waals surface area contributed by atoms with E-state index in [9.17, 15) is 14.4 Å². The van der Waals surface area contributed by atoms with Crippen LogP contribution in [0.3, 0.4) is 0 Å². The summed E-state index contributed by atoms with van der Waals surface area (Å²) in [6.07, 6.45) is 10.3. The second-order valence-electron chi connectivity index (χ2n) is 17.2. The van der Waals surface area contributed by atoms with E-state index in [4.69, 9.17) is 40.4 Å². The topological polar surface area (TPSA) is 170 Å². The maximum Gasteiger partial charge on any atom is 0.255 e. The number of benzene rings is 3. The molecule has 3 fully saturated rings. The SMILES string of the molecule is COc1ccc(C2=NN(C3CCN(C(=O)[C@@H](Cc4ccc(Cl)cc4)NC(=O)c4c[nH]c5c(-c6c(OCC7CC7)ccc7c6OCO7)ncnc45)CC3)C(=O)[C@@H]3CCCC[C@H]23)cc1OC. The van der Waals surface area contributed by atoms with Crippen LogP contribution in [0.25, 0.3) is 22.3 Å². The highest BCUT2D eigenvalue weighted by Crippen LogP contribution is 2.48. The van der Waals surface area contributed by atoms with Crippen molar-refractivity contribution in [1.82, 2.24) is 30.2 Å². The van der Waals surface area contributed by atoms with Crippen molar-refractivity contribution in [1.29, 1.82) is 0 Å². The Labute approximate surface area is 375 Å².